The number of carbonyl (C=O) groups excluding carboxylic acids is 1. The minimum atomic E-state index is -0.134. The van der Waals surface area contributed by atoms with Crippen molar-refractivity contribution in [2.45, 2.75) is 6.92 Å². The second-order valence-electron chi connectivity index (χ2n) is 3.27. The normalized spacial score (nSPS) is 10.2. The summed E-state index contributed by atoms with van der Waals surface area (Å²) in [5, 5.41) is 2.68. The molecule has 1 rings (SSSR count). The van der Waals surface area contributed by atoms with E-state index in [0.29, 0.717) is 6.54 Å². The number of hydrogen-bond acceptors (Lipinski definition) is 1. The summed E-state index contributed by atoms with van der Waals surface area (Å²) in [7, 11) is 0. The summed E-state index contributed by atoms with van der Waals surface area (Å²) in [5.74, 6) is 5.72. The summed E-state index contributed by atoms with van der Waals surface area (Å²) >= 11 is 0. The fourth-order valence-corrected chi connectivity index (χ4v) is 1.11. The van der Waals surface area contributed by atoms with Crippen LogP contribution in [0.2, 0.25) is 0 Å². The highest BCUT2D eigenvalue weighted by atomic mass is 16.1. The van der Waals surface area contributed by atoms with Gasteiger partial charge in [-0.3, -0.25) is 4.79 Å². The second kappa shape index (κ2) is 7.95. The molecule has 0 saturated heterocycles. The molecule has 0 heterocycles. The van der Waals surface area contributed by atoms with Crippen molar-refractivity contribution in [3.8, 4) is 11.8 Å². The molecule has 0 fully saturated rings. The summed E-state index contributed by atoms with van der Waals surface area (Å²) in [6.07, 6.45) is 6.83. The van der Waals surface area contributed by atoms with Crippen molar-refractivity contribution in [1.82, 2.24) is 5.32 Å². The summed E-state index contributed by atoms with van der Waals surface area (Å²) in [6, 6.07) is 9.67. The number of carbonyl (C=O) groups is 1. The molecule has 0 spiro atoms. The molecule has 0 aliphatic heterocycles. The Bertz CT molecular complexity index is 461. The number of hydrogen-bond donors (Lipinski definition) is 1. The highest BCUT2D eigenvalue weighted by Crippen LogP contribution is 1.94. The Morgan fingerprint density at radius 2 is 2.06 bits per heavy atom. The van der Waals surface area contributed by atoms with Crippen LogP contribution in [0.15, 0.2) is 54.6 Å². The Labute approximate surface area is 102 Å². The van der Waals surface area contributed by atoms with E-state index in [-0.39, 0.29) is 5.91 Å². The van der Waals surface area contributed by atoms with Gasteiger partial charge in [-0.05, 0) is 19.1 Å². The fourth-order valence-electron chi connectivity index (χ4n) is 1.11. The van der Waals surface area contributed by atoms with Crippen molar-refractivity contribution in [3.63, 3.8) is 0 Å². The van der Waals surface area contributed by atoms with Crippen molar-refractivity contribution in [2.24, 2.45) is 0 Å². The quantitative estimate of drug-likeness (QED) is 0.477. The van der Waals surface area contributed by atoms with Gasteiger partial charge in [0.2, 0.25) is 5.91 Å². The van der Waals surface area contributed by atoms with Crippen LogP contribution in [0.3, 0.4) is 0 Å². The molecule has 0 saturated carbocycles. The average Bonchev–Trinajstić information content (AvgIpc) is 2.36. The molecule has 0 aliphatic carbocycles. The number of allylic oxidation sites excluding steroid dienone is 3. The molecule has 0 atom stereocenters. The van der Waals surface area contributed by atoms with Gasteiger partial charge in [0, 0.05) is 11.6 Å². The van der Waals surface area contributed by atoms with E-state index in [1.54, 1.807) is 12.2 Å². The molecule has 0 aromatic heterocycles. The minimum Gasteiger partial charge on any atom is -0.342 e. The van der Waals surface area contributed by atoms with Gasteiger partial charge in [-0.25, -0.2) is 0 Å². The molecule has 0 aliphatic rings. The molecular weight excluding hydrogens is 210 g/mol. The van der Waals surface area contributed by atoms with E-state index in [4.69, 9.17) is 0 Å². The Kier molecular flexibility index (Phi) is 5.98. The average molecular weight is 225 g/mol. The Morgan fingerprint density at radius 3 is 2.76 bits per heavy atom. The molecule has 0 radical (unpaired) electrons. The van der Waals surface area contributed by atoms with Gasteiger partial charge in [-0.2, -0.15) is 0 Å². The van der Waals surface area contributed by atoms with Crippen LogP contribution in [0, 0.1) is 11.8 Å². The maximum absolute atomic E-state index is 11.2. The molecule has 1 aromatic rings. The molecule has 2 nitrogen and oxygen atoms in total. The largest absolute Gasteiger partial charge is 0.342 e. The summed E-state index contributed by atoms with van der Waals surface area (Å²) in [4.78, 5) is 11.2. The third-order valence-corrected chi connectivity index (χ3v) is 1.91. The van der Waals surface area contributed by atoms with Gasteiger partial charge in [0.1, 0.15) is 0 Å². The smallest absolute Gasteiger partial charge is 0.244 e. The maximum atomic E-state index is 11.2. The summed E-state index contributed by atoms with van der Waals surface area (Å²) in [6.45, 7) is 2.25. The third kappa shape index (κ3) is 6.01. The molecule has 1 aromatic carbocycles. The zero-order valence-electron chi connectivity index (χ0n) is 9.81. The number of amides is 1. The fraction of sp³-hybridized carbons (Fsp3) is 0.133. The van der Waals surface area contributed by atoms with Crippen LogP contribution >= 0.6 is 0 Å². The summed E-state index contributed by atoms with van der Waals surface area (Å²) in [5.41, 5.74) is 0.950. The molecule has 17 heavy (non-hydrogen) atoms. The minimum absolute atomic E-state index is 0.134. The van der Waals surface area contributed by atoms with Crippen molar-refractivity contribution < 1.29 is 4.79 Å². The van der Waals surface area contributed by atoms with Crippen LogP contribution in [0.25, 0.3) is 0 Å². The van der Waals surface area contributed by atoms with Crippen molar-refractivity contribution in [2.75, 3.05) is 6.54 Å². The summed E-state index contributed by atoms with van der Waals surface area (Å²) < 4.78 is 0. The topological polar surface area (TPSA) is 29.1 Å². The molecule has 1 N–H and O–H groups in total. The predicted octanol–water partition coefficient (Wildman–Crippen LogP) is 2.29. The first-order valence-electron chi connectivity index (χ1n) is 5.44. The van der Waals surface area contributed by atoms with Crippen LogP contribution in [-0.2, 0) is 4.79 Å². The van der Waals surface area contributed by atoms with Gasteiger partial charge in [0.15, 0.2) is 0 Å². The molecule has 2 heteroatoms. The van der Waals surface area contributed by atoms with Gasteiger partial charge in [0.25, 0.3) is 0 Å². The van der Waals surface area contributed by atoms with E-state index in [2.05, 4.69) is 17.2 Å². The van der Waals surface area contributed by atoms with Crippen LogP contribution in [0.4, 0.5) is 0 Å². The van der Waals surface area contributed by atoms with Gasteiger partial charge >= 0.3 is 0 Å². The van der Waals surface area contributed by atoms with Gasteiger partial charge in [-0.1, -0.05) is 48.3 Å². The van der Waals surface area contributed by atoms with E-state index in [1.807, 2.05) is 43.3 Å². The Balaban J connectivity index is 2.33. The zero-order valence-corrected chi connectivity index (χ0v) is 9.81. The van der Waals surface area contributed by atoms with Crippen LogP contribution < -0.4 is 5.32 Å². The predicted molar refractivity (Wildman–Crippen MR) is 70.3 cm³/mol. The van der Waals surface area contributed by atoms with Crippen LogP contribution in [0.5, 0.6) is 0 Å². The lowest BCUT2D eigenvalue weighted by atomic mass is 10.2. The number of nitrogens with one attached hydrogen (secondary N) is 1. The first-order chi connectivity index (χ1) is 8.33. The highest BCUT2D eigenvalue weighted by Gasteiger charge is 1.89. The van der Waals surface area contributed by atoms with E-state index >= 15 is 0 Å². The standard InChI is InChI=1S/C15H15NO/c1-2-3-5-12-15(17)16-13-8-11-14-9-6-4-7-10-14/h2-7,9-10,12H,13H2,1H3,(H,16,17)/b3-2+,12-5-. The van der Waals surface area contributed by atoms with Crippen LogP contribution in [0.1, 0.15) is 12.5 Å². The molecule has 1 amide bonds. The molecule has 0 bridgehead atoms. The van der Waals surface area contributed by atoms with E-state index in [9.17, 15) is 4.79 Å². The van der Waals surface area contributed by atoms with Crippen molar-refractivity contribution in [1.29, 1.82) is 0 Å². The van der Waals surface area contributed by atoms with Crippen molar-refractivity contribution >= 4 is 5.91 Å². The molecular formula is C15H15NO. The first-order valence-corrected chi connectivity index (χ1v) is 5.44. The monoisotopic (exact) mass is 225 g/mol. The lowest BCUT2D eigenvalue weighted by molar-refractivity contribution is -0.116. The lowest BCUT2D eigenvalue weighted by Gasteiger charge is -1.93. The number of benzene rings is 1. The SMILES string of the molecule is C/C=C/C=C\C(=O)NCC#Cc1ccccc1. The first kappa shape index (κ1) is 12.8. The zero-order chi connectivity index (χ0) is 12.3. The Morgan fingerprint density at radius 1 is 1.29 bits per heavy atom. The lowest BCUT2D eigenvalue weighted by Crippen LogP contribution is -2.20. The van der Waals surface area contributed by atoms with Crippen LogP contribution in [-0.4, -0.2) is 12.5 Å². The molecule has 0 unspecified atom stereocenters. The van der Waals surface area contributed by atoms with Crippen molar-refractivity contribution in [3.05, 3.63) is 60.2 Å². The number of rotatable bonds is 3. The van der Waals surface area contributed by atoms with Gasteiger partial charge < -0.3 is 5.32 Å². The molecule has 86 valence electrons. The van der Waals surface area contributed by atoms with Gasteiger partial charge in [-0.15, -0.1) is 0 Å². The van der Waals surface area contributed by atoms with Gasteiger partial charge in [0.05, 0.1) is 6.54 Å². The van der Waals surface area contributed by atoms with E-state index in [0.717, 1.165) is 5.56 Å². The third-order valence-electron chi connectivity index (χ3n) is 1.91. The highest BCUT2D eigenvalue weighted by molar-refractivity contribution is 5.87. The van der Waals surface area contributed by atoms with E-state index < -0.39 is 0 Å². The van der Waals surface area contributed by atoms with E-state index in [1.165, 1.54) is 6.08 Å². The maximum Gasteiger partial charge on any atom is 0.244 e. The second-order valence-corrected chi connectivity index (χ2v) is 3.27. The Hall–Kier alpha value is -2.27.